The lowest BCUT2D eigenvalue weighted by atomic mass is 10.0. The zero-order valence-corrected chi connectivity index (χ0v) is 14.3. The second-order valence-corrected chi connectivity index (χ2v) is 6.06. The number of nitrogens with zero attached hydrogens (tertiary/aromatic N) is 2. The third-order valence-electron chi connectivity index (χ3n) is 3.89. The summed E-state index contributed by atoms with van der Waals surface area (Å²) < 4.78 is 5.27. The molecule has 1 aliphatic heterocycles. The summed E-state index contributed by atoms with van der Waals surface area (Å²) in [7, 11) is 0. The normalized spacial score (nSPS) is 13.8. The predicted molar refractivity (Wildman–Crippen MR) is 92.6 cm³/mol. The first kappa shape index (κ1) is 18.5. The van der Waals surface area contributed by atoms with E-state index >= 15 is 0 Å². The van der Waals surface area contributed by atoms with Crippen LogP contribution in [0.15, 0.2) is 22.4 Å². The highest BCUT2D eigenvalue weighted by Gasteiger charge is 2.39. The van der Waals surface area contributed by atoms with Crippen molar-refractivity contribution in [2.45, 2.75) is 45.2 Å². The number of anilines is 1. The number of benzene rings is 1. The van der Waals surface area contributed by atoms with E-state index in [1.54, 1.807) is 26.0 Å². The highest BCUT2D eigenvalue weighted by Crippen LogP contribution is 2.37. The molecular formula is C18H21N3O4. The number of aryl methyl sites for hydroxylation is 2. The van der Waals surface area contributed by atoms with Crippen LogP contribution in [-0.2, 0) is 9.59 Å². The van der Waals surface area contributed by atoms with Crippen molar-refractivity contribution in [1.82, 2.24) is 0 Å². The maximum atomic E-state index is 12.1. The minimum atomic E-state index is -1.04. The smallest absolute Gasteiger partial charge is 0.341 e. The summed E-state index contributed by atoms with van der Waals surface area (Å²) in [5, 5.41) is 19.6. The standard InChI is InChI=1S/C18H21N3O4/c1-4-5-7-18(20-21-18)8-6-15(22)19-14-9-12(2)17(13(3)10-14)25-11-16(23)24/h1,9-10H,5-8,11H2,2-3H3,(H,19,22)(H,23,24). The van der Waals surface area contributed by atoms with Gasteiger partial charge in [-0.15, -0.1) is 12.3 Å². The molecule has 0 aromatic heterocycles. The van der Waals surface area contributed by atoms with Gasteiger partial charge in [-0.2, -0.15) is 10.2 Å². The van der Waals surface area contributed by atoms with Gasteiger partial charge >= 0.3 is 5.97 Å². The number of carbonyl (C=O) groups excluding carboxylic acids is 1. The second kappa shape index (κ2) is 7.79. The number of ether oxygens (including phenoxy) is 1. The van der Waals surface area contributed by atoms with Crippen molar-refractivity contribution in [1.29, 1.82) is 0 Å². The van der Waals surface area contributed by atoms with Crippen LogP contribution < -0.4 is 10.1 Å². The van der Waals surface area contributed by atoms with Gasteiger partial charge in [-0.05, 0) is 37.1 Å². The van der Waals surface area contributed by atoms with Crippen LogP contribution in [0, 0.1) is 26.2 Å². The lowest BCUT2D eigenvalue weighted by Gasteiger charge is -2.14. The molecule has 0 atom stereocenters. The Hall–Kier alpha value is -2.88. The molecule has 0 radical (unpaired) electrons. The lowest BCUT2D eigenvalue weighted by Crippen LogP contribution is -2.18. The molecule has 1 heterocycles. The number of rotatable bonds is 9. The van der Waals surface area contributed by atoms with Crippen LogP contribution in [0.1, 0.15) is 36.8 Å². The van der Waals surface area contributed by atoms with Gasteiger partial charge in [-0.25, -0.2) is 4.79 Å². The van der Waals surface area contributed by atoms with Gasteiger partial charge in [0.05, 0.1) is 0 Å². The summed E-state index contributed by atoms with van der Waals surface area (Å²) in [6.45, 7) is 3.20. The van der Waals surface area contributed by atoms with E-state index in [1.165, 1.54) is 0 Å². The maximum absolute atomic E-state index is 12.1. The third kappa shape index (κ3) is 5.31. The lowest BCUT2D eigenvalue weighted by molar-refractivity contribution is -0.139. The summed E-state index contributed by atoms with van der Waals surface area (Å²) in [5.41, 5.74) is 1.69. The summed E-state index contributed by atoms with van der Waals surface area (Å²) in [5.74, 6) is 1.91. The number of amides is 1. The van der Waals surface area contributed by atoms with Crippen molar-refractivity contribution in [2.24, 2.45) is 10.2 Å². The first-order valence-corrected chi connectivity index (χ1v) is 7.98. The molecule has 0 spiro atoms. The van der Waals surface area contributed by atoms with E-state index in [9.17, 15) is 9.59 Å². The molecule has 0 fully saturated rings. The third-order valence-corrected chi connectivity index (χ3v) is 3.89. The molecule has 0 saturated heterocycles. The monoisotopic (exact) mass is 343 g/mol. The molecule has 2 rings (SSSR count). The topological polar surface area (TPSA) is 100 Å². The largest absolute Gasteiger partial charge is 0.481 e. The van der Waals surface area contributed by atoms with Crippen molar-refractivity contribution in [3.05, 3.63) is 23.3 Å². The van der Waals surface area contributed by atoms with Crippen molar-refractivity contribution < 1.29 is 19.4 Å². The Morgan fingerprint density at radius 2 is 1.92 bits per heavy atom. The molecule has 0 bridgehead atoms. The molecule has 132 valence electrons. The first-order chi connectivity index (χ1) is 11.8. The number of nitrogens with one attached hydrogen (secondary N) is 1. The molecule has 1 aliphatic rings. The van der Waals surface area contributed by atoms with E-state index in [2.05, 4.69) is 21.5 Å². The molecule has 1 amide bonds. The number of hydrogen-bond acceptors (Lipinski definition) is 5. The molecule has 7 nitrogen and oxygen atoms in total. The average Bonchev–Trinajstić information content (AvgIpc) is 3.30. The van der Waals surface area contributed by atoms with Crippen LogP contribution in [0.5, 0.6) is 5.75 Å². The fourth-order valence-electron chi connectivity index (χ4n) is 2.59. The van der Waals surface area contributed by atoms with E-state index in [4.69, 9.17) is 16.3 Å². The molecule has 25 heavy (non-hydrogen) atoms. The molecular weight excluding hydrogens is 322 g/mol. The Morgan fingerprint density at radius 1 is 1.28 bits per heavy atom. The van der Waals surface area contributed by atoms with Crippen molar-refractivity contribution in [3.63, 3.8) is 0 Å². The average molecular weight is 343 g/mol. The van der Waals surface area contributed by atoms with Gasteiger partial charge in [-0.3, -0.25) is 4.79 Å². The SMILES string of the molecule is C#CCCC1(CCC(=O)Nc2cc(C)c(OCC(=O)O)c(C)c2)N=N1. The number of carbonyl (C=O) groups is 2. The Kier molecular flexibility index (Phi) is 5.75. The minimum absolute atomic E-state index is 0.129. The summed E-state index contributed by atoms with van der Waals surface area (Å²) >= 11 is 0. The van der Waals surface area contributed by atoms with Crippen LogP contribution in [0.2, 0.25) is 0 Å². The van der Waals surface area contributed by atoms with Crippen LogP contribution in [0.3, 0.4) is 0 Å². The van der Waals surface area contributed by atoms with Crippen molar-refractivity contribution in [3.8, 4) is 18.1 Å². The Balaban J connectivity index is 1.90. The van der Waals surface area contributed by atoms with Crippen LogP contribution >= 0.6 is 0 Å². The van der Waals surface area contributed by atoms with E-state index < -0.39 is 18.2 Å². The van der Waals surface area contributed by atoms with E-state index in [1.807, 2.05) is 0 Å². The van der Waals surface area contributed by atoms with Gasteiger partial charge in [0, 0.05) is 31.4 Å². The Labute approximate surface area is 146 Å². The van der Waals surface area contributed by atoms with Crippen molar-refractivity contribution >= 4 is 17.6 Å². The molecule has 1 aromatic rings. The maximum Gasteiger partial charge on any atom is 0.341 e. The summed E-state index contributed by atoms with van der Waals surface area (Å²) in [6.07, 6.45) is 7.34. The minimum Gasteiger partial charge on any atom is -0.481 e. The quantitative estimate of drug-likeness (QED) is 0.673. The van der Waals surface area contributed by atoms with Gasteiger partial charge in [0.2, 0.25) is 5.91 Å². The van der Waals surface area contributed by atoms with E-state index in [-0.39, 0.29) is 5.91 Å². The van der Waals surface area contributed by atoms with E-state index in [0.29, 0.717) is 37.1 Å². The van der Waals surface area contributed by atoms with Gasteiger partial charge < -0.3 is 15.2 Å². The highest BCUT2D eigenvalue weighted by atomic mass is 16.5. The predicted octanol–water partition coefficient (Wildman–Crippen LogP) is 3.06. The van der Waals surface area contributed by atoms with Crippen LogP contribution in [0.25, 0.3) is 0 Å². The van der Waals surface area contributed by atoms with Gasteiger partial charge in [0.25, 0.3) is 0 Å². The highest BCUT2D eigenvalue weighted by molar-refractivity contribution is 5.91. The Bertz CT molecular complexity index is 720. The van der Waals surface area contributed by atoms with Crippen LogP contribution in [-0.4, -0.2) is 29.3 Å². The zero-order valence-electron chi connectivity index (χ0n) is 14.3. The fourth-order valence-corrected chi connectivity index (χ4v) is 2.59. The van der Waals surface area contributed by atoms with E-state index in [0.717, 1.165) is 11.1 Å². The molecule has 0 saturated carbocycles. The van der Waals surface area contributed by atoms with Gasteiger partial charge in [0.1, 0.15) is 5.75 Å². The first-order valence-electron chi connectivity index (χ1n) is 7.98. The van der Waals surface area contributed by atoms with Gasteiger partial charge in [-0.1, -0.05) is 0 Å². The fraction of sp³-hybridized carbons (Fsp3) is 0.444. The zero-order chi connectivity index (χ0) is 18.4. The molecule has 1 aromatic carbocycles. The molecule has 0 aliphatic carbocycles. The number of terminal acetylenes is 1. The number of carboxylic acid groups (broad SMARTS) is 1. The summed E-state index contributed by atoms with van der Waals surface area (Å²) in [4.78, 5) is 22.8. The Morgan fingerprint density at radius 3 is 2.44 bits per heavy atom. The number of aliphatic carboxylic acids is 1. The van der Waals surface area contributed by atoms with Crippen LogP contribution in [0.4, 0.5) is 5.69 Å². The second-order valence-electron chi connectivity index (χ2n) is 6.06. The molecule has 2 N–H and O–H groups in total. The number of carboxylic acids is 1. The molecule has 7 heteroatoms. The van der Waals surface area contributed by atoms with Gasteiger partial charge in [0.15, 0.2) is 12.3 Å². The van der Waals surface area contributed by atoms with Crippen molar-refractivity contribution in [2.75, 3.05) is 11.9 Å². The summed E-state index contributed by atoms with van der Waals surface area (Å²) in [6, 6.07) is 3.50. The number of hydrogen-bond donors (Lipinski definition) is 2. The molecule has 0 unspecified atom stereocenters.